The number of carbonyl (C=O) groups excluding carboxylic acids is 1. The lowest BCUT2D eigenvalue weighted by Crippen LogP contribution is -2.66. The third-order valence-electron chi connectivity index (χ3n) is 7.37. The number of nitrogens with zero attached hydrogens (tertiary/aromatic N) is 5. The zero-order chi connectivity index (χ0) is 25.2. The first-order valence-electron chi connectivity index (χ1n) is 12.1. The minimum absolute atomic E-state index is 0.185. The summed E-state index contributed by atoms with van der Waals surface area (Å²) in [4.78, 5) is 28.2. The molecular formula is C24H32F3N5O2S. The van der Waals surface area contributed by atoms with Crippen molar-refractivity contribution in [1.29, 1.82) is 0 Å². The van der Waals surface area contributed by atoms with Gasteiger partial charge in [0.1, 0.15) is 22.6 Å². The number of likely N-dealkylation sites (tertiary alicyclic amines) is 2. The van der Waals surface area contributed by atoms with E-state index in [4.69, 9.17) is 4.74 Å². The summed E-state index contributed by atoms with van der Waals surface area (Å²) in [6.07, 6.45) is -2.91. The van der Waals surface area contributed by atoms with Crippen LogP contribution in [-0.2, 0) is 11.2 Å². The van der Waals surface area contributed by atoms with E-state index in [2.05, 4.69) is 26.7 Å². The van der Waals surface area contributed by atoms with E-state index in [0.29, 0.717) is 16.8 Å². The first kappa shape index (κ1) is 24.5. The lowest BCUT2D eigenvalue weighted by atomic mass is 9.76. The minimum atomic E-state index is -4.23. The Bertz CT molecular complexity index is 1100. The molecule has 1 atom stereocenters. The molecule has 3 aliphatic heterocycles. The second kappa shape index (κ2) is 8.47. The predicted octanol–water partition coefficient (Wildman–Crippen LogP) is 4.56. The highest BCUT2D eigenvalue weighted by Gasteiger charge is 2.51. The highest BCUT2D eigenvalue weighted by atomic mass is 32.1. The Labute approximate surface area is 207 Å². The van der Waals surface area contributed by atoms with Crippen LogP contribution in [0.2, 0.25) is 0 Å². The molecule has 3 aliphatic rings. The smallest absolute Gasteiger partial charge is 0.410 e. The summed E-state index contributed by atoms with van der Waals surface area (Å²) in [5.41, 5.74) is -0.297. The number of carbonyl (C=O) groups is 1. The molecule has 0 aliphatic carbocycles. The Balaban J connectivity index is 1.17. The van der Waals surface area contributed by atoms with E-state index in [1.807, 2.05) is 20.8 Å². The van der Waals surface area contributed by atoms with E-state index in [0.717, 1.165) is 68.2 Å². The van der Waals surface area contributed by atoms with Gasteiger partial charge in [-0.25, -0.2) is 14.8 Å². The van der Waals surface area contributed by atoms with E-state index in [1.165, 1.54) is 6.33 Å². The number of ether oxygens (including phenoxy) is 1. The Morgan fingerprint density at radius 1 is 1.23 bits per heavy atom. The fraction of sp³-hybridized carbons (Fsp3) is 0.708. The van der Waals surface area contributed by atoms with Gasteiger partial charge in [0.05, 0.1) is 11.8 Å². The molecule has 192 valence electrons. The summed E-state index contributed by atoms with van der Waals surface area (Å²) < 4.78 is 44.1. The second-order valence-electron chi connectivity index (χ2n) is 11.4. The normalized spacial score (nSPS) is 21.9. The van der Waals surface area contributed by atoms with Crippen molar-refractivity contribution in [3.05, 3.63) is 17.3 Å². The third-order valence-corrected chi connectivity index (χ3v) is 8.41. The van der Waals surface area contributed by atoms with Crippen LogP contribution in [0.25, 0.3) is 10.2 Å². The fourth-order valence-corrected chi connectivity index (χ4v) is 6.52. The van der Waals surface area contributed by atoms with Crippen molar-refractivity contribution in [2.24, 2.45) is 11.3 Å². The molecule has 0 radical (unpaired) electrons. The fourth-order valence-electron chi connectivity index (χ4n) is 5.50. The summed E-state index contributed by atoms with van der Waals surface area (Å²) in [7, 11) is 0. The average Bonchev–Trinajstić information content (AvgIpc) is 3.26. The lowest BCUT2D eigenvalue weighted by Gasteiger charge is -2.55. The van der Waals surface area contributed by atoms with E-state index in [1.54, 1.807) is 11.0 Å². The van der Waals surface area contributed by atoms with Gasteiger partial charge in [-0.15, -0.1) is 11.3 Å². The van der Waals surface area contributed by atoms with Crippen LogP contribution in [0.3, 0.4) is 0 Å². The number of fused-ring (bicyclic) bond motifs is 1. The maximum Gasteiger partial charge on any atom is 0.410 e. The number of rotatable bonds is 4. The molecule has 0 aromatic carbocycles. The number of halogens is 3. The number of hydrogen-bond donors (Lipinski definition) is 0. The van der Waals surface area contributed by atoms with E-state index in [9.17, 15) is 18.0 Å². The third kappa shape index (κ3) is 5.07. The number of anilines is 1. The zero-order valence-corrected chi connectivity index (χ0v) is 21.4. The number of aromatic nitrogens is 2. The Morgan fingerprint density at radius 2 is 1.94 bits per heavy atom. The monoisotopic (exact) mass is 511 g/mol. The molecule has 0 saturated carbocycles. The van der Waals surface area contributed by atoms with Gasteiger partial charge in [-0.05, 0) is 40.2 Å². The van der Waals surface area contributed by atoms with Crippen LogP contribution in [0.5, 0.6) is 0 Å². The average molecular weight is 512 g/mol. The van der Waals surface area contributed by atoms with Crippen LogP contribution in [0.15, 0.2) is 12.4 Å². The van der Waals surface area contributed by atoms with Crippen LogP contribution in [0.4, 0.5) is 23.8 Å². The lowest BCUT2D eigenvalue weighted by molar-refractivity contribution is -0.126. The van der Waals surface area contributed by atoms with Crippen molar-refractivity contribution in [2.45, 2.75) is 58.4 Å². The SMILES string of the molecule is CC(C1CN(C(=O)OC(C)(C)C)C1)N1CC2(CCN(c3ncnc4sc(CC(F)(F)F)cc34)C2)C1. The second-order valence-corrected chi connectivity index (χ2v) is 12.5. The van der Waals surface area contributed by atoms with E-state index in [-0.39, 0.29) is 16.4 Å². The summed E-state index contributed by atoms with van der Waals surface area (Å²) in [5, 5.41) is 0.718. The summed E-state index contributed by atoms with van der Waals surface area (Å²) >= 11 is 1.10. The van der Waals surface area contributed by atoms with Crippen molar-refractivity contribution in [3.63, 3.8) is 0 Å². The minimum Gasteiger partial charge on any atom is -0.444 e. The van der Waals surface area contributed by atoms with Gasteiger partial charge in [0.25, 0.3) is 0 Å². The van der Waals surface area contributed by atoms with Gasteiger partial charge >= 0.3 is 12.3 Å². The quantitative estimate of drug-likeness (QED) is 0.600. The summed E-state index contributed by atoms with van der Waals surface area (Å²) in [5.74, 6) is 1.19. The van der Waals surface area contributed by atoms with E-state index < -0.39 is 18.2 Å². The highest BCUT2D eigenvalue weighted by Crippen LogP contribution is 2.44. The van der Waals surface area contributed by atoms with Gasteiger partial charge in [0, 0.05) is 61.5 Å². The molecule has 5 rings (SSSR count). The molecule has 5 heterocycles. The molecular weight excluding hydrogens is 479 g/mol. The molecule has 1 amide bonds. The number of thiophene rings is 1. The Kier molecular flexibility index (Phi) is 5.94. The van der Waals surface area contributed by atoms with E-state index >= 15 is 0 Å². The Hall–Kier alpha value is -2.14. The number of alkyl halides is 3. The standard InChI is InChI=1S/C24H32F3N5O2S/c1-15(16-9-31(10-16)21(33)34-22(2,3)4)32-12-23(13-32)5-6-30(11-23)19-18-7-17(8-24(25,26)27)35-20(18)29-14-28-19/h7,14-16H,5-6,8-13H2,1-4H3. The van der Waals surface area contributed by atoms with Gasteiger partial charge < -0.3 is 14.5 Å². The predicted molar refractivity (Wildman–Crippen MR) is 129 cm³/mol. The molecule has 1 spiro atoms. The molecule has 7 nitrogen and oxygen atoms in total. The van der Waals surface area contributed by atoms with Gasteiger partial charge in [0.15, 0.2) is 0 Å². The van der Waals surface area contributed by atoms with Gasteiger partial charge in [-0.3, -0.25) is 4.90 Å². The van der Waals surface area contributed by atoms with Crippen LogP contribution < -0.4 is 4.90 Å². The zero-order valence-electron chi connectivity index (χ0n) is 20.6. The van der Waals surface area contributed by atoms with Gasteiger partial charge in [-0.2, -0.15) is 13.2 Å². The molecule has 3 fully saturated rings. The van der Waals surface area contributed by atoms with Crippen molar-refractivity contribution in [3.8, 4) is 0 Å². The summed E-state index contributed by atoms with van der Waals surface area (Å²) in [6.45, 7) is 13.0. The van der Waals surface area contributed by atoms with Gasteiger partial charge in [0.2, 0.25) is 0 Å². The largest absolute Gasteiger partial charge is 0.444 e. The molecule has 0 bridgehead atoms. The molecule has 1 unspecified atom stereocenters. The molecule has 2 aromatic rings. The molecule has 3 saturated heterocycles. The maximum absolute atomic E-state index is 12.9. The summed E-state index contributed by atoms with van der Waals surface area (Å²) in [6, 6.07) is 2.00. The van der Waals surface area contributed by atoms with Crippen LogP contribution in [0, 0.1) is 11.3 Å². The maximum atomic E-state index is 12.9. The van der Waals surface area contributed by atoms with Crippen LogP contribution in [0.1, 0.15) is 39.0 Å². The van der Waals surface area contributed by atoms with Crippen molar-refractivity contribution < 1.29 is 22.7 Å². The number of amides is 1. The van der Waals surface area contributed by atoms with Gasteiger partial charge in [-0.1, -0.05) is 0 Å². The van der Waals surface area contributed by atoms with Crippen molar-refractivity contribution >= 4 is 33.5 Å². The molecule has 35 heavy (non-hydrogen) atoms. The van der Waals surface area contributed by atoms with Crippen molar-refractivity contribution in [1.82, 2.24) is 19.8 Å². The van der Waals surface area contributed by atoms with Crippen molar-refractivity contribution in [2.75, 3.05) is 44.2 Å². The molecule has 11 heteroatoms. The topological polar surface area (TPSA) is 61.8 Å². The first-order valence-corrected chi connectivity index (χ1v) is 12.9. The first-order chi connectivity index (χ1) is 16.3. The van der Waals surface area contributed by atoms with Crippen LogP contribution in [-0.4, -0.2) is 82.9 Å². The highest BCUT2D eigenvalue weighted by molar-refractivity contribution is 7.18. The van der Waals surface area contributed by atoms with Crippen LogP contribution >= 0.6 is 11.3 Å². The Morgan fingerprint density at radius 3 is 2.60 bits per heavy atom. The molecule has 2 aromatic heterocycles. The number of hydrogen-bond acceptors (Lipinski definition) is 7. The molecule has 0 N–H and O–H groups in total.